The summed E-state index contributed by atoms with van der Waals surface area (Å²) in [6, 6.07) is -1.61. The second-order valence-electron chi connectivity index (χ2n) is 4.84. The smallest absolute Gasteiger partial charge is 0.242 e. The Morgan fingerprint density at radius 1 is 1.25 bits per heavy atom. The van der Waals surface area contributed by atoms with Crippen molar-refractivity contribution in [1.82, 2.24) is 15.5 Å². The molecule has 112 valence electrons. The molecule has 8 heteroatoms. The van der Waals surface area contributed by atoms with E-state index in [-0.39, 0.29) is 12.5 Å². The monoisotopic (exact) mass is 284 g/mol. The van der Waals surface area contributed by atoms with Crippen LogP contribution in [-0.2, 0) is 19.2 Å². The Hall–Kier alpha value is -2.12. The van der Waals surface area contributed by atoms with Crippen molar-refractivity contribution in [3.05, 3.63) is 0 Å². The first kappa shape index (κ1) is 15.9. The summed E-state index contributed by atoms with van der Waals surface area (Å²) >= 11 is 0. The number of hydrogen-bond donors (Lipinski definition) is 3. The molecule has 1 aliphatic rings. The van der Waals surface area contributed by atoms with E-state index in [9.17, 15) is 19.2 Å². The van der Waals surface area contributed by atoms with Gasteiger partial charge in [0.15, 0.2) is 0 Å². The van der Waals surface area contributed by atoms with Gasteiger partial charge in [-0.3, -0.25) is 19.2 Å². The van der Waals surface area contributed by atoms with Gasteiger partial charge >= 0.3 is 0 Å². The second-order valence-corrected chi connectivity index (χ2v) is 4.84. The molecule has 0 bridgehead atoms. The molecule has 0 aromatic heterocycles. The van der Waals surface area contributed by atoms with Gasteiger partial charge in [-0.25, -0.2) is 0 Å². The van der Waals surface area contributed by atoms with Gasteiger partial charge in [0.25, 0.3) is 0 Å². The van der Waals surface area contributed by atoms with E-state index in [4.69, 9.17) is 5.73 Å². The number of nitrogens with zero attached hydrogens (tertiary/aromatic N) is 1. The van der Waals surface area contributed by atoms with Gasteiger partial charge < -0.3 is 21.3 Å². The Kier molecular flexibility index (Phi) is 5.48. The molecule has 0 unspecified atom stereocenters. The highest BCUT2D eigenvalue weighted by molar-refractivity contribution is 5.92. The average Bonchev–Trinajstić information content (AvgIpc) is 2.74. The van der Waals surface area contributed by atoms with E-state index in [0.717, 1.165) is 6.42 Å². The number of primary amides is 1. The van der Waals surface area contributed by atoms with Crippen molar-refractivity contribution in [3.63, 3.8) is 0 Å². The molecule has 0 spiro atoms. The predicted octanol–water partition coefficient (Wildman–Crippen LogP) is -1.90. The predicted molar refractivity (Wildman–Crippen MR) is 70.2 cm³/mol. The van der Waals surface area contributed by atoms with Gasteiger partial charge in [0.1, 0.15) is 12.1 Å². The molecule has 0 aromatic rings. The zero-order chi connectivity index (χ0) is 15.3. The van der Waals surface area contributed by atoms with Crippen LogP contribution in [0, 0.1) is 0 Å². The van der Waals surface area contributed by atoms with E-state index >= 15 is 0 Å². The van der Waals surface area contributed by atoms with Crippen molar-refractivity contribution in [2.45, 2.75) is 38.8 Å². The Morgan fingerprint density at radius 3 is 2.40 bits per heavy atom. The van der Waals surface area contributed by atoms with Gasteiger partial charge in [-0.15, -0.1) is 0 Å². The number of amides is 4. The number of rotatable bonds is 6. The molecule has 1 fully saturated rings. The molecule has 8 nitrogen and oxygen atoms in total. The van der Waals surface area contributed by atoms with Crippen LogP contribution in [0.15, 0.2) is 0 Å². The fourth-order valence-electron chi connectivity index (χ4n) is 1.81. The SMILES string of the molecule is C[C@H](NC(=O)[C@H](C)NC(=O)CN1CCCC1=O)C(N)=O. The summed E-state index contributed by atoms with van der Waals surface area (Å²) in [6.45, 7) is 3.46. The Bertz CT molecular complexity index is 424. The van der Waals surface area contributed by atoms with E-state index < -0.39 is 29.8 Å². The van der Waals surface area contributed by atoms with E-state index in [2.05, 4.69) is 10.6 Å². The molecule has 1 saturated heterocycles. The summed E-state index contributed by atoms with van der Waals surface area (Å²) in [4.78, 5) is 47.0. The van der Waals surface area contributed by atoms with Crippen LogP contribution in [0.1, 0.15) is 26.7 Å². The zero-order valence-electron chi connectivity index (χ0n) is 11.6. The summed E-state index contributed by atoms with van der Waals surface area (Å²) in [7, 11) is 0. The highest BCUT2D eigenvalue weighted by atomic mass is 16.2. The maximum absolute atomic E-state index is 11.7. The van der Waals surface area contributed by atoms with Crippen molar-refractivity contribution in [3.8, 4) is 0 Å². The number of likely N-dealkylation sites (tertiary alicyclic amines) is 1. The molecule has 4 N–H and O–H groups in total. The minimum atomic E-state index is -0.804. The summed E-state index contributed by atoms with van der Waals surface area (Å²) in [5.74, 6) is -1.62. The molecular formula is C12H20N4O4. The van der Waals surface area contributed by atoms with Crippen LogP contribution in [0.4, 0.5) is 0 Å². The van der Waals surface area contributed by atoms with Crippen molar-refractivity contribution >= 4 is 23.6 Å². The van der Waals surface area contributed by atoms with E-state index in [0.29, 0.717) is 13.0 Å². The van der Waals surface area contributed by atoms with Crippen molar-refractivity contribution in [2.75, 3.05) is 13.1 Å². The minimum Gasteiger partial charge on any atom is -0.368 e. The third-order valence-electron chi connectivity index (χ3n) is 3.06. The molecule has 20 heavy (non-hydrogen) atoms. The van der Waals surface area contributed by atoms with Gasteiger partial charge in [-0.2, -0.15) is 0 Å². The van der Waals surface area contributed by atoms with Gasteiger partial charge in [0, 0.05) is 13.0 Å². The highest BCUT2D eigenvalue weighted by Gasteiger charge is 2.24. The van der Waals surface area contributed by atoms with Crippen LogP contribution in [0.3, 0.4) is 0 Å². The van der Waals surface area contributed by atoms with Crippen LogP contribution in [0.5, 0.6) is 0 Å². The van der Waals surface area contributed by atoms with Gasteiger partial charge in [-0.1, -0.05) is 0 Å². The van der Waals surface area contributed by atoms with Crippen LogP contribution in [0.2, 0.25) is 0 Å². The highest BCUT2D eigenvalue weighted by Crippen LogP contribution is 2.08. The Balaban J connectivity index is 2.38. The molecule has 4 amide bonds. The quantitative estimate of drug-likeness (QED) is 0.527. The van der Waals surface area contributed by atoms with Crippen LogP contribution in [0.25, 0.3) is 0 Å². The lowest BCUT2D eigenvalue weighted by Gasteiger charge is -2.19. The Labute approximate surface area is 117 Å². The van der Waals surface area contributed by atoms with Crippen LogP contribution >= 0.6 is 0 Å². The Morgan fingerprint density at radius 2 is 1.90 bits per heavy atom. The summed E-state index contributed by atoms with van der Waals surface area (Å²) < 4.78 is 0. The normalized spacial score (nSPS) is 17.5. The van der Waals surface area contributed by atoms with Gasteiger partial charge in [0.2, 0.25) is 23.6 Å². The zero-order valence-corrected chi connectivity index (χ0v) is 11.6. The number of carbonyl (C=O) groups is 4. The molecule has 0 saturated carbocycles. The first-order valence-corrected chi connectivity index (χ1v) is 6.48. The van der Waals surface area contributed by atoms with E-state index in [1.165, 1.54) is 18.7 Å². The molecule has 0 aromatic carbocycles. The van der Waals surface area contributed by atoms with E-state index in [1.807, 2.05) is 0 Å². The number of hydrogen-bond acceptors (Lipinski definition) is 4. The van der Waals surface area contributed by atoms with Gasteiger partial charge in [-0.05, 0) is 20.3 Å². The van der Waals surface area contributed by atoms with Crippen LogP contribution in [-0.4, -0.2) is 53.7 Å². The number of carbonyl (C=O) groups excluding carboxylic acids is 4. The third kappa shape index (κ3) is 4.52. The largest absolute Gasteiger partial charge is 0.368 e. The summed E-state index contributed by atoms with van der Waals surface area (Å²) in [5.41, 5.74) is 5.02. The molecule has 2 atom stereocenters. The van der Waals surface area contributed by atoms with E-state index in [1.54, 1.807) is 0 Å². The molecule has 0 radical (unpaired) electrons. The summed E-state index contributed by atoms with van der Waals surface area (Å²) in [6.07, 6.45) is 1.21. The van der Waals surface area contributed by atoms with Gasteiger partial charge in [0.05, 0.1) is 6.54 Å². The molecule has 1 rings (SSSR count). The number of nitrogens with one attached hydrogen (secondary N) is 2. The fraction of sp³-hybridized carbons (Fsp3) is 0.667. The average molecular weight is 284 g/mol. The minimum absolute atomic E-state index is 0.0537. The van der Waals surface area contributed by atoms with Crippen molar-refractivity contribution < 1.29 is 19.2 Å². The lowest BCUT2D eigenvalue weighted by molar-refractivity contribution is -0.134. The maximum Gasteiger partial charge on any atom is 0.242 e. The first-order chi connectivity index (χ1) is 9.31. The standard InChI is InChI=1S/C12H20N4O4/c1-7(11(13)19)15-12(20)8(2)14-9(17)6-16-5-3-4-10(16)18/h7-8H,3-6H2,1-2H3,(H2,13,19)(H,14,17)(H,15,20)/t7-,8-/m0/s1. The lowest BCUT2D eigenvalue weighted by Crippen LogP contribution is -2.52. The third-order valence-corrected chi connectivity index (χ3v) is 3.06. The molecule has 0 aliphatic carbocycles. The molecular weight excluding hydrogens is 264 g/mol. The number of nitrogens with two attached hydrogens (primary N) is 1. The molecule has 1 heterocycles. The fourth-order valence-corrected chi connectivity index (χ4v) is 1.81. The first-order valence-electron chi connectivity index (χ1n) is 6.48. The van der Waals surface area contributed by atoms with Crippen molar-refractivity contribution in [1.29, 1.82) is 0 Å². The maximum atomic E-state index is 11.7. The second kappa shape index (κ2) is 6.88. The summed E-state index contributed by atoms with van der Waals surface area (Å²) in [5, 5.41) is 4.85. The lowest BCUT2D eigenvalue weighted by atomic mass is 10.2. The van der Waals surface area contributed by atoms with Crippen LogP contribution < -0.4 is 16.4 Å². The van der Waals surface area contributed by atoms with Crippen molar-refractivity contribution in [2.24, 2.45) is 5.73 Å². The topological polar surface area (TPSA) is 122 Å². The molecule has 1 aliphatic heterocycles.